The van der Waals surface area contributed by atoms with Gasteiger partial charge in [-0.25, -0.2) is 0 Å². The van der Waals surface area contributed by atoms with Gasteiger partial charge in [0.15, 0.2) is 0 Å². The van der Waals surface area contributed by atoms with Gasteiger partial charge in [-0.1, -0.05) is 12.1 Å². The maximum atomic E-state index is 12.7. The minimum Gasteiger partial charge on any atom is -0.497 e. The summed E-state index contributed by atoms with van der Waals surface area (Å²) in [7, 11) is 1.62. The fraction of sp³-hybridized carbons (Fsp3) is 0.222. The van der Waals surface area contributed by atoms with Crippen LogP contribution in [0.15, 0.2) is 48.7 Å². The number of methoxy groups -OCH3 is 1. The molecule has 118 valence electrons. The van der Waals surface area contributed by atoms with Gasteiger partial charge >= 0.3 is 0 Å². The fourth-order valence-corrected chi connectivity index (χ4v) is 2.44. The fourth-order valence-electron chi connectivity index (χ4n) is 2.44. The molecule has 0 aliphatic carbocycles. The van der Waals surface area contributed by atoms with Gasteiger partial charge in [0, 0.05) is 11.1 Å². The Morgan fingerprint density at radius 2 is 1.91 bits per heavy atom. The van der Waals surface area contributed by atoms with E-state index in [0.29, 0.717) is 0 Å². The van der Waals surface area contributed by atoms with Crippen molar-refractivity contribution in [3.63, 3.8) is 0 Å². The number of hydrogen-bond donors (Lipinski definition) is 2. The first kappa shape index (κ1) is 15.1. The van der Waals surface area contributed by atoms with Crippen molar-refractivity contribution in [2.45, 2.75) is 19.3 Å². The van der Waals surface area contributed by atoms with Gasteiger partial charge in [0.2, 0.25) is 5.91 Å². The molecule has 0 aliphatic heterocycles. The molecule has 0 fully saturated rings. The van der Waals surface area contributed by atoms with Crippen LogP contribution in [-0.2, 0) is 10.2 Å². The molecule has 23 heavy (non-hydrogen) atoms. The summed E-state index contributed by atoms with van der Waals surface area (Å²) in [5.41, 5.74) is 1.91. The van der Waals surface area contributed by atoms with Gasteiger partial charge in [-0.3, -0.25) is 9.89 Å². The number of aromatic nitrogens is 2. The summed E-state index contributed by atoms with van der Waals surface area (Å²) in [6.45, 7) is 3.80. The predicted molar refractivity (Wildman–Crippen MR) is 90.7 cm³/mol. The molecule has 0 saturated carbocycles. The molecule has 0 unspecified atom stereocenters. The molecule has 0 bridgehead atoms. The van der Waals surface area contributed by atoms with Crippen molar-refractivity contribution in [3.05, 3.63) is 54.2 Å². The Balaban J connectivity index is 1.82. The first-order chi connectivity index (χ1) is 11.0. The van der Waals surface area contributed by atoms with Crippen molar-refractivity contribution < 1.29 is 9.53 Å². The Labute approximate surface area is 134 Å². The summed E-state index contributed by atoms with van der Waals surface area (Å²) >= 11 is 0. The van der Waals surface area contributed by atoms with Gasteiger partial charge in [-0.2, -0.15) is 5.10 Å². The smallest absolute Gasteiger partial charge is 0.234 e. The molecule has 1 heterocycles. The number of fused-ring (bicyclic) bond motifs is 1. The second-order valence-electron chi connectivity index (χ2n) is 5.98. The third-order valence-corrected chi connectivity index (χ3v) is 4.08. The lowest BCUT2D eigenvalue weighted by atomic mass is 9.83. The predicted octanol–water partition coefficient (Wildman–Crippen LogP) is 3.49. The van der Waals surface area contributed by atoms with Crippen molar-refractivity contribution in [3.8, 4) is 5.75 Å². The summed E-state index contributed by atoms with van der Waals surface area (Å²) < 4.78 is 5.16. The first-order valence-corrected chi connectivity index (χ1v) is 7.40. The summed E-state index contributed by atoms with van der Waals surface area (Å²) in [6.07, 6.45) is 1.75. The number of benzene rings is 2. The first-order valence-electron chi connectivity index (χ1n) is 7.40. The van der Waals surface area contributed by atoms with E-state index in [2.05, 4.69) is 15.5 Å². The second kappa shape index (κ2) is 5.76. The zero-order valence-electron chi connectivity index (χ0n) is 13.4. The molecule has 0 atom stereocenters. The van der Waals surface area contributed by atoms with Gasteiger partial charge in [0.25, 0.3) is 0 Å². The zero-order valence-corrected chi connectivity index (χ0v) is 13.4. The Bertz CT molecular complexity index is 835. The van der Waals surface area contributed by atoms with E-state index < -0.39 is 5.41 Å². The van der Waals surface area contributed by atoms with E-state index in [1.807, 2.05) is 56.3 Å². The molecule has 0 aliphatic rings. The Hall–Kier alpha value is -2.82. The molecular weight excluding hydrogens is 290 g/mol. The molecule has 0 saturated heterocycles. The topological polar surface area (TPSA) is 67.0 Å². The zero-order chi connectivity index (χ0) is 16.4. The average molecular weight is 309 g/mol. The molecule has 3 aromatic rings. The number of aromatic amines is 1. The number of amides is 1. The molecule has 5 heteroatoms. The minimum atomic E-state index is -0.658. The number of hydrogen-bond acceptors (Lipinski definition) is 3. The normalized spacial score (nSPS) is 11.4. The quantitative estimate of drug-likeness (QED) is 0.775. The van der Waals surface area contributed by atoms with Crippen molar-refractivity contribution >= 4 is 22.5 Å². The molecule has 1 aromatic heterocycles. The second-order valence-corrected chi connectivity index (χ2v) is 5.98. The van der Waals surface area contributed by atoms with Crippen LogP contribution in [0, 0.1) is 0 Å². The summed E-state index contributed by atoms with van der Waals surface area (Å²) in [6, 6.07) is 13.2. The van der Waals surface area contributed by atoms with Crippen LogP contribution < -0.4 is 10.1 Å². The lowest BCUT2D eigenvalue weighted by Crippen LogP contribution is -2.34. The molecule has 2 aromatic carbocycles. The highest BCUT2D eigenvalue weighted by Crippen LogP contribution is 2.27. The average Bonchev–Trinajstić information content (AvgIpc) is 3.02. The number of nitrogens with one attached hydrogen (secondary N) is 2. The van der Waals surface area contributed by atoms with Crippen molar-refractivity contribution in [2.75, 3.05) is 12.4 Å². The van der Waals surface area contributed by atoms with Crippen LogP contribution in [0.1, 0.15) is 19.4 Å². The molecule has 1 amide bonds. The van der Waals surface area contributed by atoms with Gasteiger partial charge in [-0.05, 0) is 49.7 Å². The number of rotatable bonds is 4. The highest BCUT2D eigenvalue weighted by molar-refractivity contribution is 5.99. The van der Waals surface area contributed by atoms with Gasteiger partial charge in [0.05, 0.1) is 24.2 Å². The number of nitrogens with zero attached hydrogens (tertiary/aromatic N) is 1. The van der Waals surface area contributed by atoms with Crippen LogP contribution in [0.4, 0.5) is 5.69 Å². The summed E-state index contributed by atoms with van der Waals surface area (Å²) in [4.78, 5) is 12.7. The monoisotopic (exact) mass is 309 g/mol. The number of carbonyl (C=O) groups excluding carboxylic acids is 1. The van der Waals surface area contributed by atoms with Crippen molar-refractivity contribution in [2.24, 2.45) is 0 Å². The maximum Gasteiger partial charge on any atom is 0.234 e. The van der Waals surface area contributed by atoms with E-state index in [9.17, 15) is 4.79 Å². The van der Waals surface area contributed by atoms with Crippen molar-refractivity contribution in [1.29, 1.82) is 0 Å². The van der Waals surface area contributed by atoms with E-state index in [1.54, 1.807) is 13.3 Å². The van der Waals surface area contributed by atoms with Gasteiger partial charge in [-0.15, -0.1) is 0 Å². The number of ether oxygens (including phenoxy) is 1. The van der Waals surface area contributed by atoms with Crippen LogP contribution in [0.2, 0.25) is 0 Å². The molecule has 2 N–H and O–H groups in total. The Morgan fingerprint density at radius 1 is 1.17 bits per heavy atom. The van der Waals surface area contributed by atoms with E-state index in [4.69, 9.17) is 4.74 Å². The van der Waals surface area contributed by atoms with Crippen molar-refractivity contribution in [1.82, 2.24) is 10.2 Å². The van der Waals surface area contributed by atoms with E-state index >= 15 is 0 Å². The highest BCUT2D eigenvalue weighted by Gasteiger charge is 2.29. The van der Waals surface area contributed by atoms with Crippen LogP contribution >= 0.6 is 0 Å². The van der Waals surface area contributed by atoms with Crippen LogP contribution in [-0.4, -0.2) is 23.2 Å². The molecule has 0 radical (unpaired) electrons. The van der Waals surface area contributed by atoms with Crippen LogP contribution in [0.5, 0.6) is 5.75 Å². The third-order valence-electron chi connectivity index (χ3n) is 4.08. The highest BCUT2D eigenvalue weighted by atomic mass is 16.5. The molecular formula is C18H19N3O2. The van der Waals surface area contributed by atoms with Gasteiger partial charge < -0.3 is 10.1 Å². The Morgan fingerprint density at radius 3 is 2.61 bits per heavy atom. The number of anilines is 1. The SMILES string of the molecule is COc1ccc(C(C)(C)C(=O)Nc2ccc3cn[nH]c3c2)cc1. The summed E-state index contributed by atoms with van der Waals surface area (Å²) in [5.74, 6) is 0.705. The van der Waals surface area contributed by atoms with E-state index in [0.717, 1.165) is 27.9 Å². The molecule has 5 nitrogen and oxygen atoms in total. The number of H-pyrrole nitrogens is 1. The van der Waals surface area contributed by atoms with Crippen LogP contribution in [0.25, 0.3) is 10.9 Å². The lowest BCUT2D eigenvalue weighted by Gasteiger charge is -2.24. The standard InChI is InChI=1S/C18H19N3O2/c1-18(2,13-5-8-15(23-3)9-6-13)17(22)20-14-7-4-12-11-19-21-16(12)10-14/h4-11H,1-3H3,(H,19,21)(H,20,22). The maximum absolute atomic E-state index is 12.7. The lowest BCUT2D eigenvalue weighted by molar-refractivity contribution is -0.120. The third kappa shape index (κ3) is 2.90. The van der Waals surface area contributed by atoms with E-state index in [1.165, 1.54) is 0 Å². The van der Waals surface area contributed by atoms with Gasteiger partial charge in [0.1, 0.15) is 5.75 Å². The van der Waals surface area contributed by atoms with E-state index in [-0.39, 0.29) is 5.91 Å². The molecule has 0 spiro atoms. The Kier molecular flexibility index (Phi) is 3.78. The largest absolute Gasteiger partial charge is 0.497 e. The summed E-state index contributed by atoms with van der Waals surface area (Å²) in [5, 5.41) is 10.9. The number of carbonyl (C=O) groups is 1. The van der Waals surface area contributed by atoms with Crippen LogP contribution in [0.3, 0.4) is 0 Å². The molecule has 3 rings (SSSR count). The minimum absolute atomic E-state index is 0.0680.